The second-order valence-corrected chi connectivity index (χ2v) is 3.45. The number of alkyl halides is 4. The lowest BCUT2D eigenvalue weighted by molar-refractivity contribution is -0.182. The first-order chi connectivity index (χ1) is 6.85. The van der Waals surface area contributed by atoms with Crippen molar-refractivity contribution in [3.8, 4) is 0 Å². The molecule has 1 fully saturated rings. The van der Waals surface area contributed by atoms with Crippen LogP contribution in [0.5, 0.6) is 0 Å². The van der Waals surface area contributed by atoms with Crippen LogP contribution in [0.1, 0.15) is 12.8 Å². The van der Waals surface area contributed by atoms with Gasteiger partial charge in [-0.15, -0.1) is 0 Å². The average Bonchev–Trinajstić information content (AvgIpc) is 2.17. The number of halogens is 4. The summed E-state index contributed by atoms with van der Waals surface area (Å²) in [6.45, 7) is -0.218. The number of likely N-dealkylation sites (tertiary alicyclic amines) is 1. The number of amides is 1. The average molecular weight is 229 g/mol. The third-order valence-electron chi connectivity index (χ3n) is 2.31. The maximum Gasteiger partial charge on any atom is 0.383 e. The van der Waals surface area contributed by atoms with Crippen molar-refractivity contribution in [3.63, 3.8) is 0 Å². The van der Waals surface area contributed by atoms with Gasteiger partial charge in [0.25, 0.3) is 5.91 Å². The molecule has 1 amide bonds. The smallest absolute Gasteiger partial charge is 0.383 e. The van der Waals surface area contributed by atoms with Crippen molar-refractivity contribution in [2.45, 2.75) is 31.3 Å². The summed E-state index contributed by atoms with van der Waals surface area (Å²) in [5.41, 5.74) is 0. The van der Waals surface area contributed by atoms with Crippen molar-refractivity contribution in [2.75, 3.05) is 13.1 Å². The molecule has 15 heavy (non-hydrogen) atoms. The molecule has 0 radical (unpaired) electrons. The Balaban J connectivity index is 2.61. The normalized spacial score (nSPS) is 19.7. The summed E-state index contributed by atoms with van der Waals surface area (Å²) in [6.07, 6.45) is -4.35. The van der Waals surface area contributed by atoms with Crippen molar-refractivity contribution in [3.05, 3.63) is 0 Å². The number of aliphatic hydroxyl groups excluding tert-OH is 1. The molecule has 0 aromatic carbocycles. The van der Waals surface area contributed by atoms with E-state index in [2.05, 4.69) is 0 Å². The summed E-state index contributed by atoms with van der Waals surface area (Å²) in [5, 5.41) is 9.05. The molecule has 0 unspecified atom stereocenters. The van der Waals surface area contributed by atoms with Crippen LogP contribution in [0.15, 0.2) is 0 Å². The molecule has 0 aliphatic carbocycles. The number of hydrogen-bond donors (Lipinski definition) is 1. The lowest BCUT2D eigenvalue weighted by Crippen LogP contribution is -2.50. The minimum Gasteiger partial charge on any atom is -0.393 e. The van der Waals surface area contributed by atoms with Gasteiger partial charge in [0.1, 0.15) is 0 Å². The highest BCUT2D eigenvalue weighted by Crippen LogP contribution is 2.26. The Morgan fingerprint density at radius 1 is 1.33 bits per heavy atom. The van der Waals surface area contributed by atoms with Crippen LogP contribution in [0.4, 0.5) is 17.6 Å². The standard InChI is InChI=1S/C8H11F4NO2/c9-6(10)8(11,12)7(15)13-3-1-5(14)2-4-13/h5-6,14H,1-4H2. The highest BCUT2D eigenvalue weighted by molar-refractivity contribution is 5.84. The van der Waals surface area contributed by atoms with Crippen LogP contribution in [0.25, 0.3) is 0 Å². The van der Waals surface area contributed by atoms with E-state index in [1.54, 1.807) is 0 Å². The number of piperidine rings is 1. The Bertz CT molecular complexity index is 239. The van der Waals surface area contributed by atoms with Crippen molar-refractivity contribution in [2.24, 2.45) is 0 Å². The van der Waals surface area contributed by atoms with Gasteiger partial charge in [-0.05, 0) is 12.8 Å². The summed E-state index contributed by atoms with van der Waals surface area (Å²) >= 11 is 0. The predicted molar refractivity (Wildman–Crippen MR) is 42.8 cm³/mol. The highest BCUT2D eigenvalue weighted by atomic mass is 19.3. The molecule has 1 heterocycles. The molecule has 7 heteroatoms. The summed E-state index contributed by atoms with van der Waals surface area (Å²) < 4.78 is 48.9. The molecule has 3 nitrogen and oxygen atoms in total. The largest absolute Gasteiger partial charge is 0.393 e. The quantitative estimate of drug-likeness (QED) is 0.714. The van der Waals surface area contributed by atoms with Crippen LogP contribution >= 0.6 is 0 Å². The zero-order valence-corrected chi connectivity index (χ0v) is 7.80. The number of nitrogens with zero attached hydrogens (tertiary/aromatic N) is 1. The SMILES string of the molecule is O=C(N1CCC(O)CC1)C(F)(F)C(F)F. The number of aliphatic hydroxyl groups is 1. The molecule has 0 aromatic heterocycles. The summed E-state index contributed by atoms with van der Waals surface area (Å²) in [7, 11) is 0. The molecular weight excluding hydrogens is 218 g/mol. The lowest BCUT2D eigenvalue weighted by Gasteiger charge is -2.31. The van der Waals surface area contributed by atoms with Crippen LogP contribution in [0.3, 0.4) is 0 Å². The van der Waals surface area contributed by atoms with Crippen LogP contribution in [0, 0.1) is 0 Å². The van der Waals surface area contributed by atoms with Crippen LogP contribution in [0.2, 0.25) is 0 Å². The zero-order valence-electron chi connectivity index (χ0n) is 7.80. The van der Waals surface area contributed by atoms with Crippen molar-refractivity contribution in [1.29, 1.82) is 0 Å². The number of carbonyl (C=O) groups is 1. The van der Waals surface area contributed by atoms with Gasteiger partial charge in [0, 0.05) is 13.1 Å². The summed E-state index contributed by atoms with van der Waals surface area (Å²) in [6, 6.07) is 0. The second-order valence-electron chi connectivity index (χ2n) is 3.45. The minimum absolute atomic E-state index is 0.109. The van der Waals surface area contributed by atoms with E-state index in [0.29, 0.717) is 4.90 Å². The van der Waals surface area contributed by atoms with Crippen molar-refractivity contribution < 1.29 is 27.5 Å². The number of hydrogen-bond acceptors (Lipinski definition) is 2. The van der Waals surface area contributed by atoms with E-state index in [0.717, 1.165) is 0 Å². The molecule has 1 rings (SSSR count). The van der Waals surface area contributed by atoms with Gasteiger partial charge in [0.2, 0.25) is 0 Å². The molecule has 1 aliphatic rings. The minimum atomic E-state index is -4.62. The topological polar surface area (TPSA) is 40.5 Å². The molecule has 0 atom stereocenters. The first-order valence-corrected chi connectivity index (χ1v) is 4.49. The molecule has 1 aliphatic heterocycles. The molecule has 0 saturated carbocycles. The van der Waals surface area contributed by atoms with Crippen molar-refractivity contribution >= 4 is 5.91 Å². The van der Waals surface area contributed by atoms with Crippen LogP contribution in [-0.2, 0) is 4.79 Å². The Labute approximate surface area is 83.7 Å². The first-order valence-electron chi connectivity index (χ1n) is 4.49. The van der Waals surface area contributed by atoms with E-state index in [-0.39, 0.29) is 25.9 Å². The molecular formula is C8H11F4NO2. The van der Waals surface area contributed by atoms with E-state index in [4.69, 9.17) is 5.11 Å². The van der Waals surface area contributed by atoms with E-state index in [1.165, 1.54) is 0 Å². The van der Waals surface area contributed by atoms with Gasteiger partial charge in [-0.25, -0.2) is 8.78 Å². The molecule has 88 valence electrons. The molecule has 0 spiro atoms. The maximum absolute atomic E-state index is 12.6. The summed E-state index contributed by atoms with van der Waals surface area (Å²) in [5.74, 6) is -6.48. The third kappa shape index (κ3) is 2.58. The third-order valence-corrected chi connectivity index (χ3v) is 2.31. The van der Waals surface area contributed by atoms with Gasteiger partial charge in [-0.1, -0.05) is 0 Å². The Morgan fingerprint density at radius 2 is 1.80 bits per heavy atom. The van der Waals surface area contributed by atoms with Gasteiger partial charge >= 0.3 is 12.3 Å². The van der Waals surface area contributed by atoms with Gasteiger partial charge in [0.15, 0.2) is 0 Å². The molecule has 0 bridgehead atoms. The maximum atomic E-state index is 12.6. The number of rotatable bonds is 2. The fraction of sp³-hybridized carbons (Fsp3) is 0.875. The van der Waals surface area contributed by atoms with Gasteiger partial charge in [0.05, 0.1) is 6.10 Å². The summed E-state index contributed by atoms with van der Waals surface area (Å²) in [4.78, 5) is 11.6. The Morgan fingerprint density at radius 3 is 2.20 bits per heavy atom. The van der Waals surface area contributed by atoms with E-state index in [1.807, 2.05) is 0 Å². The lowest BCUT2D eigenvalue weighted by atomic mass is 10.1. The molecule has 1 N–H and O–H groups in total. The van der Waals surface area contributed by atoms with Crippen LogP contribution < -0.4 is 0 Å². The molecule has 1 saturated heterocycles. The van der Waals surface area contributed by atoms with Crippen molar-refractivity contribution in [1.82, 2.24) is 4.90 Å². The Kier molecular flexibility index (Phi) is 3.54. The zero-order chi connectivity index (χ0) is 11.6. The fourth-order valence-corrected chi connectivity index (χ4v) is 1.37. The van der Waals surface area contributed by atoms with E-state index >= 15 is 0 Å². The van der Waals surface area contributed by atoms with Gasteiger partial charge < -0.3 is 10.0 Å². The molecule has 0 aromatic rings. The second kappa shape index (κ2) is 4.34. The van der Waals surface area contributed by atoms with Gasteiger partial charge in [-0.2, -0.15) is 8.78 Å². The van der Waals surface area contributed by atoms with Gasteiger partial charge in [-0.3, -0.25) is 4.79 Å². The van der Waals surface area contributed by atoms with E-state index < -0.39 is 24.4 Å². The highest BCUT2D eigenvalue weighted by Gasteiger charge is 2.51. The van der Waals surface area contributed by atoms with E-state index in [9.17, 15) is 22.4 Å². The Hall–Kier alpha value is -0.850. The first kappa shape index (κ1) is 12.2. The monoisotopic (exact) mass is 229 g/mol. The fourth-order valence-electron chi connectivity index (χ4n) is 1.37. The number of carbonyl (C=O) groups excluding carboxylic acids is 1. The van der Waals surface area contributed by atoms with Crippen LogP contribution in [-0.4, -0.2) is 47.5 Å². The predicted octanol–water partition coefficient (Wildman–Crippen LogP) is 0.870.